The summed E-state index contributed by atoms with van der Waals surface area (Å²) in [5, 5.41) is 7.89. The summed E-state index contributed by atoms with van der Waals surface area (Å²) < 4.78 is 20.6. The number of nitrogens with one attached hydrogen (secondary N) is 1. The molecule has 1 fully saturated rings. The van der Waals surface area contributed by atoms with Crippen molar-refractivity contribution in [3.05, 3.63) is 71.0 Å². The van der Waals surface area contributed by atoms with Gasteiger partial charge in [-0.25, -0.2) is 9.07 Å². The number of aromatic nitrogens is 4. The molecule has 1 saturated carbocycles. The molecule has 0 amide bonds. The molecule has 1 aliphatic rings. The first-order valence-electron chi connectivity index (χ1n) is 9.98. The van der Waals surface area contributed by atoms with E-state index in [0.717, 1.165) is 36.9 Å². The van der Waals surface area contributed by atoms with Crippen molar-refractivity contribution in [3.63, 3.8) is 0 Å². The average Bonchev–Trinajstić information content (AvgIpc) is 3.17. The standard InChI is InChI=1S/C22H20FN5O2/c23-15-3-9-20-19(12-15)26-22(30-20)25-16-4-6-17(7-5-16)28-21(29)10-8-18(27-28)14-2-1-11-24-13-14/h1-3,8-13,16-17H,4-7H2,(H,25,26). The third-order valence-corrected chi connectivity index (χ3v) is 5.50. The molecule has 1 aliphatic carbocycles. The predicted molar refractivity (Wildman–Crippen MR) is 111 cm³/mol. The molecule has 0 unspecified atom stereocenters. The van der Waals surface area contributed by atoms with Crippen LogP contribution in [0, 0.1) is 5.82 Å². The molecule has 0 aliphatic heterocycles. The summed E-state index contributed by atoms with van der Waals surface area (Å²) in [5.41, 5.74) is 2.57. The van der Waals surface area contributed by atoms with Crippen LogP contribution in [0.4, 0.5) is 10.4 Å². The summed E-state index contributed by atoms with van der Waals surface area (Å²) in [6.07, 6.45) is 6.78. The zero-order valence-electron chi connectivity index (χ0n) is 16.2. The van der Waals surface area contributed by atoms with E-state index < -0.39 is 0 Å². The highest BCUT2D eigenvalue weighted by molar-refractivity contribution is 5.74. The van der Waals surface area contributed by atoms with Gasteiger partial charge < -0.3 is 9.73 Å². The van der Waals surface area contributed by atoms with Crippen molar-refractivity contribution in [3.8, 4) is 11.3 Å². The smallest absolute Gasteiger partial charge is 0.295 e. The Bertz CT molecular complexity index is 1230. The Balaban J connectivity index is 1.28. The zero-order chi connectivity index (χ0) is 20.5. The van der Waals surface area contributed by atoms with Crippen LogP contribution in [0.15, 0.2) is 64.1 Å². The molecular formula is C22H20FN5O2. The minimum atomic E-state index is -0.339. The summed E-state index contributed by atoms with van der Waals surface area (Å²) >= 11 is 0. The Morgan fingerprint density at radius 1 is 1.10 bits per heavy atom. The normalized spacial score (nSPS) is 19.1. The van der Waals surface area contributed by atoms with Gasteiger partial charge in [0.25, 0.3) is 11.6 Å². The first kappa shape index (κ1) is 18.5. The maximum Gasteiger partial charge on any atom is 0.295 e. The molecule has 1 N–H and O–H groups in total. The topological polar surface area (TPSA) is 85.8 Å². The van der Waals surface area contributed by atoms with Crippen LogP contribution in [-0.2, 0) is 0 Å². The minimum absolute atomic E-state index is 0.0462. The summed E-state index contributed by atoms with van der Waals surface area (Å²) in [6.45, 7) is 0. The summed E-state index contributed by atoms with van der Waals surface area (Å²) in [5.74, 6) is -0.339. The number of fused-ring (bicyclic) bond motifs is 1. The van der Waals surface area contributed by atoms with E-state index >= 15 is 0 Å². The molecule has 3 heterocycles. The molecule has 5 rings (SSSR count). The SMILES string of the molecule is O=c1ccc(-c2cccnc2)nn1C1CCC(Nc2nc3cc(F)ccc3o2)CC1. The van der Waals surface area contributed by atoms with Gasteiger partial charge in [-0.3, -0.25) is 9.78 Å². The Morgan fingerprint density at radius 3 is 2.77 bits per heavy atom. The second-order valence-corrected chi connectivity index (χ2v) is 7.52. The van der Waals surface area contributed by atoms with Crippen molar-refractivity contribution < 1.29 is 8.81 Å². The van der Waals surface area contributed by atoms with Crippen LogP contribution in [-0.4, -0.2) is 25.8 Å². The summed E-state index contributed by atoms with van der Waals surface area (Å²) in [4.78, 5) is 20.9. The molecule has 7 nitrogen and oxygen atoms in total. The molecule has 0 radical (unpaired) electrons. The lowest BCUT2D eigenvalue weighted by Crippen LogP contribution is -2.33. The van der Waals surface area contributed by atoms with Gasteiger partial charge in [0.15, 0.2) is 5.58 Å². The fourth-order valence-electron chi connectivity index (χ4n) is 3.96. The fraction of sp³-hybridized carbons (Fsp3) is 0.273. The Morgan fingerprint density at radius 2 is 1.97 bits per heavy atom. The van der Waals surface area contributed by atoms with Crippen LogP contribution in [0.1, 0.15) is 31.7 Å². The number of oxazole rings is 1. The van der Waals surface area contributed by atoms with Crippen LogP contribution < -0.4 is 10.9 Å². The Kier molecular flexibility index (Phi) is 4.74. The molecular weight excluding hydrogens is 385 g/mol. The monoisotopic (exact) mass is 405 g/mol. The van der Waals surface area contributed by atoms with Crippen molar-refractivity contribution in [2.75, 3.05) is 5.32 Å². The number of rotatable bonds is 4. The number of pyridine rings is 1. The number of halogens is 1. The van der Waals surface area contributed by atoms with Gasteiger partial charge in [-0.2, -0.15) is 10.1 Å². The predicted octanol–water partition coefficient (Wildman–Crippen LogP) is 4.18. The van der Waals surface area contributed by atoms with Crippen LogP contribution in [0.25, 0.3) is 22.4 Å². The maximum atomic E-state index is 13.3. The van der Waals surface area contributed by atoms with Crippen molar-refractivity contribution in [1.29, 1.82) is 0 Å². The molecule has 1 aromatic carbocycles. The number of benzene rings is 1. The van der Waals surface area contributed by atoms with E-state index in [4.69, 9.17) is 4.42 Å². The van der Waals surface area contributed by atoms with Crippen molar-refractivity contribution in [2.24, 2.45) is 0 Å². The maximum absolute atomic E-state index is 13.3. The Hall–Kier alpha value is -3.55. The van der Waals surface area contributed by atoms with Gasteiger partial charge in [-0.05, 0) is 56.0 Å². The zero-order valence-corrected chi connectivity index (χ0v) is 16.2. The summed E-state index contributed by atoms with van der Waals surface area (Å²) in [7, 11) is 0. The second-order valence-electron chi connectivity index (χ2n) is 7.52. The van der Waals surface area contributed by atoms with Crippen molar-refractivity contribution in [2.45, 2.75) is 37.8 Å². The molecule has 4 aromatic rings. The first-order chi connectivity index (χ1) is 14.7. The summed E-state index contributed by atoms with van der Waals surface area (Å²) in [6, 6.07) is 12.0. The lowest BCUT2D eigenvalue weighted by Gasteiger charge is -2.29. The van der Waals surface area contributed by atoms with Gasteiger partial charge in [0.05, 0.1) is 11.7 Å². The molecule has 0 atom stereocenters. The molecule has 0 saturated heterocycles. The van der Waals surface area contributed by atoms with Gasteiger partial charge in [0.1, 0.15) is 11.3 Å². The van der Waals surface area contributed by atoms with E-state index in [9.17, 15) is 9.18 Å². The van der Waals surface area contributed by atoms with Gasteiger partial charge in [0.2, 0.25) is 0 Å². The van der Waals surface area contributed by atoms with Crippen molar-refractivity contribution >= 4 is 17.1 Å². The largest absolute Gasteiger partial charge is 0.424 e. The molecule has 8 heteroatoms. The molecule has 0 bridgehead atoms. The lowest BCUT2D eigenvalue weighted by atomic mass is 9.91. The quantitative estimate of drug-likeness (QED) is 0.548. The van der Waals surface area contributed by atoms with Crippen LogP contribution >= 0.6 is 0 Å². The number of hydrogen-bond acceptors (Lipinski definition) is 6. The Labute approximate surface area is 171 Å². The van der Waals surface area contributed by atoms with Crippen LogP contribution in [0.5, 0.6) is 0 Å². The number of anilines is 1. The van der Waals surface area contributed by atoms with E-state index in [1.807, 2.05) is 12.1 Å². The fourth-order valence-corrected chi connectivity index (χ4v) is 3.96. The minimum Gasteiger partial charge on any atom is -0.424 e. The third kappa shape index (κ3) is 3.68. The van der Waals surface area contributed by atoms with E-state index in [0.29, 0.717) is 17.1 Å². The molecule has 30 heavy (non-hydrogen) atoms. The molecule has 152 valence electrons. The highest BCUT2D eigenvalue weighted by Gasteiger charge is 2.25. The van der Waals surface area contributed by atoms with E-state index in [1.165, 1.54) is 12.1 Å². The van der Waals surface area contributed by atoms with Gasteiger partial charge >= 0.3 is 0 Å². The van der Waals surface area contributed by atoms with Gasteiger partial charge in [0, 0.05) is 36.1 Å². The lowest BCUT2D eigenvalue weighted by molar-refractivity contribution is 0.302. The van der Waals surface area contributed by atoms with Gasteiger partial charge in [-0.15, -0.1) is 0 Å². The van der Waals surface area contributed by atoms with Crippen LogP contribution in [0.2, 0.25) is 0 Å². The highest BCUT2D eigenvalue weighted by Crippen LogP contribution is 2.30. The highest BCUT2D eigenvalue weighted by atomic mass is 19.1. The molecule has 3 aromatic heterocycles. The van der Waals surface area contributed by atoms with Gasteiger partial charge in [-0.1, -0.05) is 0 Å². The first-order valence-corrected chi connectivity index (χ1v) is 9.98. The molecule has 0 spiro atoms. The average molecular weight is 405 g/mol. The van der Waals surface area contributed by atoms with Crippen molar-refractivity contribution in [1.82, 2.24) is 19.7 Å². The second kappa shape index (κ2) is 7.70. The van der Waals surface area contributed by atoms with Crippen LogP contribution in [0.3, 0.4) is 0 Å². The number of hydrogen-bond donors (Lipinski definition) is 1. The van der Waals surface area contributed by atoms with E-state index in [1.54, 1.807) is 35.3 Å². The van der Waals surface area contributed by atoms with E-state index in [2.05, 4.69) is 20.4 Å². The number of nitrogens with zero attached hydrogens (tertiary/aromatic N) is 4. The third-order valence-electron chi connectivity index (χ3n) is 5.50. The van der Waals surface area contributed by atoms with E-state index in [-0.39, 0.29) is 23.5 Å².